The second-order valence-electron chi connectivity index (χ2n) is 6.78. The number of nitrogens with one attached hydrogen (secondary N) is 2. The van der Waals surface area contributed by atoms with Crippen molar-refractivity contribution in [3.05, 3.63) is 25.3 Å². The van der Waals surface area contributed by atoms with Gasteiger partial charge in [-0.05, 0) is 25.0 Å². The predicted molar refractivity (Wildman–Crippen MR) is 102 cm³/mol. The lowest BCUT2D eigenvalue weighted by molar-refractivity contribution is -0.932. The minimum atomic E-state index is -0.0965. The smallest absolute Gasteiger partial charge is 0.243 e. The molecule has 0 aromatic rings. The summed E-state index contributed by atoms with van der Waals surface area (Å²) in [5.74, 6) is -0.184. The van der Waals surface area contributed by atoms with Crippen molar-refractivity contribution in [2.75, 3.05) is 58.9 Å². The molecule has 0 saturated carbocycles. The fourth-order valence-corrected chi connectivity index (χ4v) is 3.47. The Hall–Kier alpha value is -1.66. The lowest BCUT2D eigenvalue weighted by atomic mass is 10.2. The summed E-state index contributed by atoms with van der Waals surface area (Å²) in [7, 11) is 0. The maximum atomic E-state index is 11.2. The van der Waals surface area contributed by atoms with Gasteiger partial charge in [0, 0.05) is 39.1 Å². The van der Waals surface area contributed by atoms with Crippen LogP contribution in [0, 0.1) is 0 Å². The zero-order valence-electron chi connectivity index (χ0n) is 15.8. The van der Waals surface area contributed by atoms with Crippen molar-refractivity contribution in [1.82, 2.24) is 15.5 Å². The third-order valence-corrected chi connectivity index (χ3v) is 4.91. The van der Waals surface area contributed by atoms with E-state index in [-0.39, 0.29) is 11.8 Å². The Bertz CT molecular complexity index is 443. The molecule has 0 aliphatic carbocycles. The average molecular weight is 352 g/mol. The van der Waals surface area contributed by atoms with Crippen LogP contribution in [0.15, 0.2) is 25.3 Å². The van der Waals surface area contributed by atoms with E-state index in [1.54, 1.807) is 0 Å². The van der Waals surface area contributed by atoms with Gasteiger partial charge in [-0.3, -0.25) is 14.5 Å². The summed E-state index contributed by atoms with van der Waals surface area (Å²) < 4.78 is 1.16. The number of amides is 2. The number of piperazine rings is 1. The molecule has 25 heavy (non-hydrogen) atoms. The zero-order valence-corrected chi connectivity index (χ0v) is 15.8. The topological polar surface area (TPSA) is 61.4 Å². The monoisotopic (exact) mass is 351 g/mol. The van der Waals surface area contributed by atoms with Crippen LogP contribution in [0.2, 0.25) is 0 Å². The van der Waals surface area contributed by atoms with Crippen molar-refractivity contribution < 1.29 is 14.1 Å². The molecular formula is C19H35N4O2+. The Morgan fingerprint density at radius 1 is 1.00 bits per heavy atom. The molecule has 1 aliphatic heterocycles. The number of quaternary nitrogens is 1. The van der Waals surface area contributed by atoms with Gasteiger partial charge in [0.25, 0.3) is 0 Å². The van der Waals surface area contributed by atoms with Crippen molar-refractivity contribution in [3.8, 4) is 0 Å². The van der Waals surface area contributed by atoms with Crippen LogP contribution in [-0.2, 0) is 9.59 Å². The number of nitrogens with zero attached hydrogens (tertiary/aromatic N) is 2. The maximum Gasteiger partial charge on any atom is 0.243 e. The van der Waals surface area contributed by atoms with Crippen LogP contribution >= 0.6 is 0 Å². The normalized spacial score (nSPS) is 16.8. The van der Waals surface area contributed by atoms with Gasteiger partial charge in [-0.1, -0.05) is 20.1 Å². The molecule has 0 radical (unpaired) electrons. The second kappa shape index (κ2) is 11.8. The summed E-state index contributed by atoms with van der Waals surface area (Å²) in [4.78, 5) is 24.8. The van der Waals surface area contributed by atoms with E-state index in [9.17, 15) is 9.59 Å². The highest BCUT2D eigenvalue weighted by Crippen LogP contribution is 2.15. The van der Waals surface area contributed by atoms with Gasteiger partial charge in [-0.25, -0.2) is 0 Å². The Morgan fingerprint density at radius 3 is 2.08 bits per heavy atom. The van der Waals surface area contributed by atoms with Crippen LogP contribution in [0.3, 0.4) is 0 Å². The third kappa shape index (κ3) is 8.31. The lowest BCUT2D eigenvalue weighted by Gasteiger charge is -2.45. The first-order valence-corrected chi connectivity index (χ1v) is 9.43. The van der Waals surface area contributed by atoms with Crippen molar-refractivity contribution in [2.24, 2.45) is 0 Å². The average Bonchev–Trinajstić information content (AvgIpc) is 2.63. The van der Waals surface area contributed by atoms with Crippen LogP contribution < -0.4 is 10.6 Å². The predicted octanol–water partition coefficient (Wildman–Crippen LogP) is 0.913. The molecule has 0 spiro atoms. The molecule has 2 amide bonds. The molecule has 1 saturated heterocycles. The molecule has 142 valence electrons. The van der Waals surface area contributed by atoms with Crippen LogP contribution in [0.25, 0.3) is 0 Å². The molecule has 0 unspecified atom stereocenters. The summed E-state index contributed by atoms with van der Waals surface area (Å²) in [6.45, 7) is 18.5. The molecule has 1 rings (SSSR count). The van der Waals surface area contributed by atoms with Crippen molar-refractivity contribution in [2.45, 2.75) is 26.2 Å². The minimum Gasteiger partial charge on any atom is -0.353 e. The Balaban J connectivity index is 2.29. The molecule has 2 N–H and O–H groups in total. The molecule has 1 aliphatic rings. The van der Waals surface area contributed by atoms with E-state index in [2.05, 4.69) is 35.6 Å². The van der Waals surface area contributed by atoms with Crippen molar-refractivity contribution >= 4 is 11.8 Å². The number of rotatable bonds is 12. The van der Waals surface area contributed by atoms with E-state index in [0.717, 1.165) is 50.0 Å². The lowest BCUT2D eigenvalue weighted by Crippen LogP contribution is -2.60. The van der Waals surface area contributed by atoms with E-state index >= 15 is 0 Å². The molecule has 6 nitrogen and oxygen atoms in total. The standard InChI is InChI=1S/C19H34N4O2/c1-4-14-23(15-8-10-21-19(25)6-3)16-12-22(13-17-23)11-7-9-20-18(24)5-2/h5-6H,2-4,7-17H2,1H3,(H-,20,21,24,25)/p+1. The zero-order chi connectivity index (χ0) is 18.5. The van der Waals surface area contributed by atoms with Crippen LogP contribution in [0.5, 0.6) is 0 Å². The summed E-state index contributed by atoms with van der Waals surface area (Å²) in [5, 5.41) is 5.70. The molecule has 0 atom stereocenters. The molecular weight excluding hydrogens is 316 g/mol. The van der Waals surface area contributed by atoms with Gasteiger partial charge in [-0.15, -0.1) is 0 Å². The van der Waals surface area contributed by atoms with Gasteiger partial charge < -0.3 is 15.1 Å². The first-order valence-electron chi connectivity index (χ1n) is 9.43. The Labute approximate surface area is 152 Å². The summed E-state index contributed by atoms with van der Waals surface area (Å²) in [5.41, 5.74) is 0. The van der Waals surface area contributed by atoms with Gasteiger partial charge in [0.05, 0.1) is 26.2 Å². The fraction of sp³-hybridized carbons (Fsp3) is 0.684. The summed E-state index contributed by atoms with van der Waals surface area (Å²) in [6.07, 6.45) is 5.81. The SMILES string of the molecule is C=CC(=O)NCCCN1CC[N+](CCC)(CCCNC(=O)C=C)CC1. The van der Waals surface area contributed by atoms with E-state index in [1.165, 1.54) is 38.2 Å². The summed E-state index contributed by atoms with van der Waals surface area (Å²) in [6, 6.07) is 0. The molecule has 0 aromatic carbocycles. The summed E-state index contributed by atoms with van der Waals surface area (Å²) >= 11 is 0. The van der Waals surface area contributed by atoms with E-state index in [0.29, 0.717) is 6.54 Å². The van der Waals surface area contributed by atoms with Gasteiger partial charge in [0.2, 0.25) is 11.8 Å². The van der Waals surface area contributed by atoms with Crippen LogP contribution in [0.4, 0.5) is 0 Å². The Morgan fingerprint density at radius 2 is 1.56 bits per heavy atom. The van der Waals surface area contributed by atoms with Crippen LogP contribution in [0.1, 0.15) is 26.2 Å². The van der Waals surface area contributed by atoms with Crippen molar-refractivity contribution in [3.63, 3.8) is 0 Å². The van der Waals surface area contributed by atoms with Gasteiger partial charge in [0.15, 0.2) is 0 Å². The fourth-order valence-electron chi connectivity index (χ4n) is 3.47. The maximum absolute atomic E-state index is 11.2. The number of carbonyl (C=O) groups is 2. The largest absolute Gasteiger partial charge is 0.353 e. The number of carbonyl (C=O) groups excluding carboxylic acids is 2. The van der Waals surface area contributed by atoms with Crippen LogP contribution in [-0.4, -0.2) is 80.1 Å². The van der Waals surface area contributed by atoms with Gasteiger partial charge in [-0.2, -0.15) is 0 Å². The molecule has 0 bridgehead atoms. The van der Waals surface area contributed by atoms with E-state index in [4.69, 9.17) is 0 Å². The third-order valence-electron chi connectivity index (χ3n) is 4.91. The molecule has 1 fully saturated rings. The van der Waals surface area contributed by atoms with E-state index in [1.807, 2.05) is 0 Å². The van der Waals surface area contributed by atoms with E-state index < -0.39 is 0 Å². The first kappa shape index (κ1) is 21.4. The quantitative estimate of drug-likeness (QED) is 0.312. The Kier molecular flexibility index (Phi) is 10.1. The highest BCUT2D eigenvalue weighted by atomic mass is 16.2. The van der Waals surface area contributed by atoms with Crippen molar-refractivity contribution in [1.29, 1.82) is 0 Å². The van der Waals surface area contributed by atoms with Gasteiger partial charge >= 0.3 is 0 Å². The molecule has 1 heterocycles. The molecule has 6 heteroatoms. The van der Waals surface area contributed by atoms with Gasteiger partial charge in [0.1, 0.15) is 0 Å². The number of hydrogen-bond donors (Lipinski definition) is 2. The second-order valence-corrected chi connectivity index (χ2v) is 6.78. The highest BCUT2D eigenvalue weighted by Gasteiger charge is 2.31. The molecule has 0 aromatic heterocycles. The number of hydrogen-bond acceptors (Lipinski definition) is 3. The first-order chi connectivity index (χ1) is 12.0. The minimum absolute atomic E-state index is 0.0876. The highest BCUT2D eigenvalue weighted by molar-refractivity contribution is 5.87.